The predicted octanol–water partition coefficient (Wildman–Crippen LogP) is 2.81. The second-order valence-electron chi connectivity index (χ2n) is 5.29. The van der Waals surface area contributed by atoms with Gasteiger partial charge in [-0.3, -0.25) is 4.79 Å². The lowest BCUT2D eigenvalue weighted by atomic mass is 9.96. The molecule has 0 amide bonds. The molecule has 1 unspecified atom stereocenters. The Kier molecular flexibility index (Phi) is 2.55. The van der Waals surface area contributed by atoms with Crippen LogP contribution in [0.1, 0.15) is 43.0 Å². The van der Waals surface area contributed by atoms with Crippen molar-refractivity contribution >= 4 is 16.4 Å². The average molecular weight is 255 g/mol. The van der Waals surface area contributed by atoms with E-state index in [2.05, 4.69) is 30.2 Å². The maximum atomic E-state index is 12.4. The van der Waals surface area contributed by atoms with Crippen LogP contribution in [0, 0.1) is 13.8 Å². The molecular weight excluding hydrogens is 238 g/mol. The molecule has 2 heterocycles. The molecule has 19 heavy (non-hydrogen) atoms. The summed E-state index contributed by atoms with van der Waals surface area (Å²) in [6.07, 6.45) is 1.04. The van der Waals surface area contributed by atoms with Gasteiger partial charge >= 0.3 is 0 Å². The van der Waals surface area contributed by atoms with E-state index in [1.54, 1.807) is 4.52 Å². The Morgan fingerprint density at radius 3 is 2.74 bits per heavy atom. The predicted molar refractivity (Wildman–Crippen MR) is 76.1 cm³/mol. The van der Waals surface area contributed by atoms with E-state index >= 15 is 0 Å². The molecule has 0 radical (unpaired) electrons. The number of rotatable bonds is 2. The first-order chi connectivity index (χ1) is 9.04. The van der Waals surface area contributed by atoms with E-state index in [4.69, 9.17) is 0 Å². The topological polar surface area (TPSA) is 47.3 Å². The van der Waals surface area contributed by atoms with Crippen LogP contribution in [-0.4, -0.2) is 14.8 Å². The molecule has 0 bridgehead atoms. The molecule has 0 spiro atoms. The van der Waals surface area contributed by atoms with Gasteiger partial charge in [-0.1, -0.05) is 19.1 Å². The van der Waals surface area contributed by atoms with Crippen molar-refractivity contribution < 1.29 is 0 Å². The molecular formula is C15H17N3O. The minimum atomic E-state index is 0.0995. The van der Waals surface area contributed by atoms with Crippen molar-refractivity contribution in [3.63, 3.8) is 0 Å². The summed E-state index contributed by atoms with van der Waals surface area (Å²) in [5.41, 5.74) is 4.55. The molecule has 3 rings (SSSR count). The third kappa shape index (κ3) is 1.56. The van der Waals surface area contributed by atoms with Crippen LogP contribution in [0.4, 0.5) is 0 Å². The van der Waals surface area contributed by atoms with Crippen LogP contribution >= 0.6 is 0 Å². The van der Waals surface area contributed by atoms with Crippen molar-refractivity contribution in [2.24, 2.45) is 0 Å². The van der Waals surface area contributed by atoms with Gasteiger partial charge in [0.15, 0.2) is 5.43 Å². The molecule has 0 aliphatic rings. The van der Waals surface area contributed by atoms with Crippen LogP contribution in [0.3, 0.4) is 0 Å². The molecule has 98 valence electrons. The lowest BCUT2D eigenvalue weighted by Gasteiger charge is -2.11. The van der Waals surface area contributed by atoms with E-state index in [-0.39, 0.29) is 5.43 Å². The SMILES string of the molecule is CCC(C)c1cc2nnn3c(C)c(C)c(=O)c(c1)c23. The zero-order valence-corrected chi connectivity index (χ0v) is 11.7. The van der Waals surface area contributed by atoms with Crippen molar-refractivity contribution in [2.45, 2.75) is 40.0 Å². The van der Waals surface area contributed by atoms with Gasteiger partial charge in [0.05, 0.1) is 5.39 Å². The molecule has 4 nitrogen and oxygen atoms in total. The van der Waals surface area contributed by atoms with Crippen molar-refractivity contribution in [3.05, 3.63) is 39.2 Å². The summed E-state index contributed by atoms with van der Waals surface area (Å²) < 4.78 is 1.78. The second-order valence-corrected chi connectivity index (χ2v) is 5.29. The van der Waals surface area contributed by atoms with Crippen molar-refractivity contribution in [1.29, 1.82) is 0 Å². The highest BCUT2D eigenvalue weighted by molar-refractivity contribution is 5.94. The quantitative estimate of drug-likeness (QED) is 0.707. The fourth-order valence-corrected chi connectivity index (χ4v) is 2.53. The van der Waals surface area contributed by atoms with Gasteiger partial charge in [-0.15, -0.1) is 5.10 Å². The van der Waals surface area contributed by atoms with E-state index in [0.29, 0.717) is 5.92 Å². The number of aromatic nitrogens is 3. The number of pyridine rings is 1. The molecule has 1 atom stereocenters. The third-order valence-electron chi connectivity index (χ3n) is 4.19. The fourth-order valence-electron chi connectivity index (χ4n) is 2.53. The minimum absolute atomic E-state index is 0.0995. The Labute approximate surface area is 111 Å². The summed E-state index contributed by atoms with van der Waals surface area (Å²) in [6, 6.07) is 4.06. The first kappa shape index (κ1) is 12.1. The van der Waals surface area contributed by atoms with Crippen LogP contribution in [-0.2, 0) is 0 Å². The number of nitrogens with zero attached hydrogens (tertiary/aromatic N) is 3. The lowest BCUT2D eigenvalue weighted by molar-refractivity contribution is 0.735. The summed E-state index contributed by atoms with van der Waals surface area (Å²) in [5.74, 6) is 0.422. The van der Waals surface area contributed by atoms with Crippen molar-refractivity contribution in [1.82, 2.24) is 14.8 Å². The van der Waals surface area contributed by atoms with Crippen LogP contribution in [0.15, 0.2) is 16.9 Å². The molecule has 1 aromatic carbocycles. The summed E-state index contributed by atoms with van der Waals surface area (Å²) in [6.45, 7) is 8.07. The highest BCUT2D eigenvalue weighted by Gasteiger charge is 2.16. The van der Waals surface area contributed by atoms with Gasteiger partial charge in [-0.25, -0.2) is 4.52 Å². The summed E-state index contributed by atoms with van der Waals surface area (Å²) in [5, 5.41) is 9.13. The Morgan fingerprint density at radius 1 is 1.32 bits per heavy atom. The molecule has 0 fully saturated rings. The van der Waals surface area contributed by atoms with E-state index in [0.717, 1.165) is 39.7 Å². The number of benzene rings is 1. The van der Waals surface area contributed by atoms with E-state index in [1.807, 2.05) is 19.9 Å². The van der Waals surface area contributed by atoms with Gasteiger partial charge in [-0.05, 0) is 43.9 Å². The maximum Gasteiger partial charge on any atom is 0.192 e. The van der Waals surface area contributed by atoms with E-state index < -0.39 is 0 Å². The number of aryl methyl sites for hydroxylation is 1. The second kappa shape index (κ2) is 4.02. The number of hydrogen-bond donors (Lipinski definition) is 0. The smallest absolute Gasteiger partial charge is 0.192 e. The molecule has 0 aliphatic carbocycles. The zero-order valence-electron chi connectivity index (χ0n) is 11.7. The Morgan fingerprint density at radius 2 is 2.05 bits per heavy atom. The van der Waals surface area contributed by atoms with Gasteiger partial charge < -0.3 is 0 Å². The van der Waals surface area contributed by atoms with E-state index in [9.17, 15) is 4.79 Å². The largest absolute Gasteiger partial charge is 0.289 e. The normalized spacial score (nSPS) is 13.5. The van der Waals surface area contributed by atoms with Crippen LogP contribution in [0.25, 0.3) is 16.4 Å². The number of hydrogen-bond acceptors (Lipinski definition) is 3. The van der Waals surface area contributed by atoms with Gasteiger partial charge in [0, 0.05) is 11.3 Å². The third-order valence-corrected chi connectivity index (χ3v) is 4.19. The molecule has 0 saturated heterocycles. The van der Waals surface area contributed by atoms with Crippen LogP contribution < -0.4 is 5.43 Å². The summed E-state index contributed by atoms with van der Waals surface area (Å²) in [7, 11) is 0. The Balaban J connectivity index is 2.51. The lowest BCUT2D eigenvalue weighted by Crippen LogP contribution is -2.13. The van der Waals surface area contributed by atoms with Crippen LogP contribution in [0.2, 0.25) is 0 Å². The molecule has 4 heteroatoms. The molecule has 0 N–H and O–H groups in total. The maximum absolute atomic E-state index is 12.4. The highest BCUT2D eigenvalue weighted by atomic mass is 16.1. The first-order valence-electron chi connectivity index (χ1n) is 6.66. The molecule has 0 aliphatic heterocycles. The van der Waals surface area contributed by atoms with Gasteiger partial charge in [0.2, 0.25) is 0 Å². The van der Waals surface area contributed by atoms with Crippen LogP contribution in [0.5, 0.6) is 0 Å². The monoisotopic (exact) mass is 255 g/mol. The summed E-state index contributed by atoms with van der Waals surface area (Å²) >= 11 is 0. The fraction of sp³-hybridized carbons (Fsp3) is 0.400. The van der Waals surface area contributed by atoms with Crippen molar-refractivity contribution in [2.75, 3.05) is 0 Å². The first-order valence-corrected chi connectivity index (χ1v) is 6.66. The Bertz CT molecular complexity index is 819. The van der Waals surface area contributed by atoms with Crippen molar-refractivity contribution in [3.8, 4) is 0 Å². The Hall–Kier alpha value is -1.97. The molecule has 3 aromatic rings. The molecule has 0 saturated carbocycles. The zero-order chi connectivity index (χ0) is 13.7. The van der Waals surface area contributed by atoms with Gasteiger partial charge in [-0.2, -0.15) is 0 Å². The average Bonchev–Trinajstić information content (AvgIpc) is 2.85. The minimum Gasteiger partial charge on any atom is -0.289 e. The standard InChI is InChI=1S/C15H17N3O/c1-5-8(2)11-6-12-14-13(7-11)16-17-18(14)10(4)9(3)15(12)19/h6-8H,5H2,1-4H3. The summed E-state index contributed by atoms with van der Waals surface area (Å²) in [4.78, 5) is 12.4. The van der Waals surface area contributed by atoms with Gasteiger partial charge in [0.25, 0.3) is 0 Å². The van der Waals surface area contributed by atoms with E-state index in [1.165, 1.54) is 0 Å². The molecule has 2 aromatic heterocycles. The van der Waals surface area contributed by atoms with Gasteiger partial charge in [0.1, 0.15) is 11.0 Å². The highest BCUT2D eigenvalue weighted by Crippen LogP contribution is 2.26.